The highest BCUT2D eigenvalue weighted by Gasteiger charge is 2.12. The number of hydrogen-bond donors (Lipinski definition) is 0. The van der Waals surface area contributed by atoms with Crippen molar-refractivity contribution in [1.29, 1.82) is 0 Å². The zero-order chi connectivity index (χ0) is 14.7. The normalized spacial score (nSPS) is 10.4. The van der Waals surface area contributed by atoms with Gasteiger partial charge in [0.25, 0.3) is 0 Å². The van der Waals surface area contributed by atoms with Crippen molar-refractivity contribution in [2.45, 2.75) is 6.92 Å². The minimum absolute atomic E-state index is 0.00513. The Morgan fingerprint density at radius 2 is 2.05 bits per heavy atom. The Bertz CT molecular complexity index is 658. The molecule has 0 heterocycles. The molecule has 0 aliphatic heterocycles. The number of Topliss-reactive ketones (excluding diaryl/α,β-unsaturated/α-hetero) is 1. The van der Waals surface area contributed by atoms with Crippen LogP contribution in [0.25, 0.3) is 0 Å². The smallest absolute Gasteiger partial charge is 0.200 e. The molecule has 2 rings (SSSR count). The molecule has 0 spiro atoms. The Morgan fingerprint density at radius 1 is 1.35 bits per heavy atom. The van der Waals surface area contributed by atoms with Crippen molar-refractivity contribution < 1.29 is 13.9 Å². The van der Waals surface area contributed by atoms with Gasteiger partial charge in [0.05, 0.1) is 9.50 Å². The molecule has 104 valence electrons. The van der Waals surface area contributed by atoms with E-state index in [9.17, 15) is 9.18 Å². The molecular formula is C15H11BrClFO2. The molecule has 5 heteroatoms. The van der Waals surface area contributed by atoms with E-state index in [2.05, 4.69) is 15.9 Å². The zero-order valence-electron chi connectivity index (χ0n) is 10.6. The van der Waals surface area contributed by atoms with Crippen molar-refractivity contribution in [2.75, 3.05) is 6.61 Å². The van der Waals surface area contributed by atoms with Crippen LogP contribution < -0.4 is 4.74 Å². The summed E-state index contributed by atoms with van der Waals surface area (Å²) >= 11 is 8.85. The summed E-state index contributed by atoms with van der Waals surface area (Å²) in [5.41, 5.74) is 1.47. The van der Waals surface area contributed by atoms with Crippen LogP contribution >= 0.6 is 27.5 Å². The highest BCUT2D eigenvalue weighted by molar-refractivity contribution is 9.10. The predicted octanol–water partition coefficient (Wildman–Crippen LogP) is 4.81. The van der Waals surface area contributed by atoms with Crippen LogP contribution in [0.5, 0.6) is 5.75 Å². The number of benzene rings is 2. The van der Waals surface area contributed by atoms with Gasteiger partial charge >= 0.3 is 0 Å². The monoisotopic (exact) mass is 356 g/mol. The molecule has 2 aromatic rings. The molecule has 20 heavy (non-hydrogen) atoms. The van der Waals surface area contributed by atoms with Gasteiger partial charge in [-0.2, -0.15) is 0 Å². The van der Waals surface area contributed by atoms with Crippen LogP contribution in [0.4, 0.5) is 4.39 Å². The Morgan fingerprint density at radius 3 is 2.75 bits per heavy atom. The van der Waals surface area contributed by atoms with E-state index in [4.69, 9.17) is 16.3 Å². The van der Waals surface area contributed by atoms with Crippen LogP contribution in [0.2, 0.25) is 5.02 Å². The van der Waals surface area contributed by atoms with Crippen molar-refractivity contribution in [3.63, 3.8) is 0 Å². The fourth-order valence-electron chi connectivity index (χ4n) is 1.72. The number of ketones is 1. The SMILES string of the molecule is Cc1ccccc1C(=O)COc1cc(F)c(Cl)cc1Br. The molecule has 0 N–H and O–H groups in total. The van der Waals surface area contributed by atoms with Crippen molar-refractivity contribution >= 4 is 33.3 Å². The molecule has 0 radical (unpaired) electrons. The number of ether oxygens (including phenoxy) is 1. The van der Waals surface area contributed by atoms with Crippen molar-refractivity contribution in [3.05, 3.63) is 62.8 Å². The van der Waals surface area contributed by atoms with Crippen molar-refractivity contribution in [1.82, 2.24) is 0 Å². The van der Waals surface area contributed by atoms with E-state index in [1.807, 2.05) is 19.1 Å². The van der Waals surface area contributed by atoms with Crippen LogP contribution in [0, 0.1) is 12.7 Å². The maximum atomic E-state index is 13.4. The van der Waals surface area contributed by atoms with Gasteiger partial charge in [0, 0.05) is 11.6 Å². The maximum Gasteiger partial charge on any atom is 0.200 e. The minimum atomic E-state index is -0.590. The largest absolute Gasteiger partial charge is 0.484 e. The fraction of sp³-hybridized carbons (Fsp3) is 0.133. The molecule has 0 saturated carbocycles. The Labute approximate surface area is 129 Å². The molecule has 0 fully saturated rings. The average molecular weight is 358 g/mol. The molecule has 0 atom stereocenters. The summed E-state index contributed by atoms with van der Waals surface area (Å²) in [6.45, 7) is 1.69. The van der Waals surface area contributed by atoms with E-state index in [1.54, 1.807) is 12.1 Å². The van der Waals surface area contributed by atoms with Crippen molar-refractivity contribution in [3.8, 4) is 5.75 Å². The van der Waals surface area contributed by atoms with E-state index < -0.39 is 5.82 Å². The van der Waals surface area contributed by atoms with E-state index in [1.165, 1.54) is 6.07 Å². The lowest BCUT2D eigenvalue weighted by Crippen LogP contribution is -2.13. The number of carbonyl (C=O) groups excluding carboxylic acids is 1. The summed E-state index contributed by atoms with van der Waals surface area (Å²) in [6.07, 6.45) is 0. The molecule has 0 aliphatic rings. The van der Waals surface area contributed by atoms with Gasteiger partial charge < -0.3 is 4.74 Å². The number of halogens is 3. The molecule has 2 nitrogen and oxygen atoms in total. The molecule has 0 bridgehead atoms. The van der Waals surface area contributed by atoms with Crippen LogP contribution in [0.1, 0.15) is 15.9 Å². The first-order valence-corrected chi connectivity index (χ1v) is 7.02. The lowest BCUT2D eigenvalue weighted by molar-refractivity contribution is 0.0920. The quantitative estimate of drug-likeness (QED) is 0.580. The molecule has 0 aromatic heterocycles. The van der Waals surface area contributed by atoms with Crippen LogP contribution in [-0.2, 0) is 0 Å². The van der Waals surface area contributed by atoms with Gasteiger partial charge in [-0.15, -0.1) is 0 Å². The summed E-state index contributed by atoms with van der Waals surface area (Å²) < 4.78 is 19.2. The first kappa shape index (κ1) is 15.0. The molecule has 0 aliphatic carbocycles. The fourth-order valence-corrected chi connectivity index (χ4v) is 2.48. The standard InChI is InChI=1S/C15H11BrClFO2/c1-9-4-2-3-5-10(9)14(19)8-20-15-7-13(18)12(17)6-11(15)16/h2-7H,8H2,1H3. The van der Waals surface area contributed by atoms with E-state index in [-0.39, 0.29) is 23.2 Å². The Kier molecular flexibility index (Phi) is 4.78. The van der Waals surface area contributed by atoms with Gasteiger partial charge in [-0.3, -0.25) is 4.79 Å². The second-order valence-corrected chi connectivity index (χ2v) is 5.49. The summed E-state index contributed by atoms with van der Waals surface area (Å²) in [7, 11) is 0. The van der Waals surface area contributed by atoms with Crippen LogP contribution in [0.3, 0.4) is 0 Å². The highest BCUT2D eigenvalue weighted by atomic mass is 79.9. The van der Waals surface area contributed by atoms with Gasteiger partial charge in [-0.25, -0.2) is 4.39 Å². The maximum absolute atomic E-state index is 13.4. The summed E-state index contributed by atoms with van der Waals surface area (Å²) in [4.78, 5) is 12.0. The second-order valence-electron chi connectivity index (χ2n) is 4.22. The third kappa shape index (κ3) is 3.38. The van der Waals surface area contributed by atoms with Crippen molar-refractivity contribution in [2.24, 2.45) is 0 Å². The second kappa shape index (κ2) is 6.37. The van der Waals surface area contributed by atoms with Gasteiger partial charge in [0.2, 0.25) is 0 Å². The third-order valence-electron chi connectivity index (χ3n) is 2.78. The molecular weight excluding hydrogens is 347 g/mol. The lowest BCUT2D eigenvalue weighted by Gasteiger charge is -2.09. The van der Waals surface area contributed by atoms with Gasteiger partial charge in [0.15, 0.2) is 12.4 Å². The van der Waals surface area contributed by atoms with Crippen LogP contribution in [-0.4, -0.2) is 12.4 Å². The number of carbonyl (C=O) groups is 1. The molecule has 0 amide bonds. The molecule has 0 saturated heterocycles. The van der Waals surface area contributed by atoms with E-state index in [0.29, 0.717) is 10.0 Å². The average Bonchev–Trinajstić information content (AvgIpc) is 2.41. The number of rotatable bonds is 4. The van der Waals surface area contributed by atoms with Gasteiger partial charge in [0.1, 0.15) is 11.6 Å². The first-order valence-electron chi connectivity index (χ1n) is 5.85. The molecule has 2 aromatic carbocycles. The minimum Gasteiger partial charge on any atom is -0.484 e. The summed E-state index contributed by atoms with van der Waals surface area (Å²) in [5, 5.41) is -0.00513. The number of aryl methyl sites for hydroxylation is 1. The highest BCUT2D eigenvalue weighted by Crippen LogP contribution is 2.30. The topological polar surface area (TPSA) is 26.3 Å². The summed E-state index contributed by atoms with van der Waals surface area (Å²) in [6, 6.07) is 9.78. The number of hydrogen-bond acceptors (Lipinski definition) is 2. The third-order valence-corrected chi connectivity index (χ3v) is 3.69. The first-order chi connectivity index (χ1) is 9.49. The Hall–Kier alpha value is -1.39. The zero-order valence-corrected chi connectivity index (χ0v) is 13.0. The van der Waals surface area contributed by atoms with Gasteiger partial charge in [-0.1, -0.05) is 35.9 Å². The van der Waals surface area contributed by atoms with Gasteiger partial charge in [-0.05, 0) is 34.5 Å². The van der Waals surface area contributed by atoms with E-state index >= 15 is 0 Å². The van der Waals surface area contributed by atoms with E-state index in [0.717, 1.165) is 11.6 Å². The Balaban J connectivity index is 2.12. The van der Waals surface area contributed by atoms with Crippen LogP contribution in [0.15, 0.2) is 40.9 Å². The summed E-state index contributed by atoms with van der Waals surface area (Å²) in [5.74, 6) is -0.507. The lowest BCUT2D eigenvalue weighted by atomic mass is 10.1. The predicted molar refractivity (Wildman–Crippen MR) is 80.1 cm³/mol. The molecule has 0 unspecified atom stereocenters.